The van der Waals surface area contributed by atoms with Crippen LogP contribution in [0.15, 0.2) is 60.7 Å². The summed E-state index contributed by atoms with van der Waals surface area (Å²) >= 11 is 0. The highest BCUT2D eigenvalue weighted by molar-refractivity contribution is 6.09. The highest BCUT2D eigenvalue weighted by atomic mass is 35.5. The molecule has 0 spiro atoms. The Balaban J connectivity index is 0.00000169. The first kappa shape index (κ1) is 16.4. The molecule has 0 aliphatic carbocycles. The van der Waals surface area contributed by atoms with E-state index in [0.29, 0.717) is 0 Å². The van der Waals surface area contributed by atoms with E-state index < -0.39 is 11.7 Å². The zero-order valence-electron chi connectivity index (χ0n) is 12.4. The van der Waals surface area contributed by atoms with Crippen molar-refractivity contribution < 1.29 is 13.2 Å². The summed E-state index contributed by atoms with van der Waals surface area (Å²) in [5.74, 6) is 0. The molecular formula is C19H13ClF3N. The van der Waals surface area contributed by atoms with Gasteiger partial charge < -0.3 is 5.32 Å². The lowest BCUT2D eigenvalue weighted by Gasteiger charge is -2.20. The van der Waals surface area contributed by atoms with Gasteiger partial charge in [-0.2, -0.15) is 13.2 Å². The van der Waals surface area contributed by atoms with Gasteiger partial charge in [-0.05, 0) is 40.8 Å². The molecule has 1 nitrogen and oxygen atoms in total. The van der Waals surface area contributed by atoms with Crippen LogP contribution in [0.4, 0.5) is 18.9 Å². The maximum Gasteiger partial charge on any atom is 0.416 e. The number of hydrogen-bond donors (Lipinski definition) is 1. The molecule has 0 atom stereocenters. The van der Waals surface area contributed by atoms with E-state index in [0.717, 1.165) is 45.4 Å². The third-order valence-corrected chi connectivity index (χ3v) is 4.03. The van der Waals surface area contributed by atoms with E-state index in [4.69, 9.17) is 0 Å². The van der Waals surface area contributed by atoms with Crippen molar-refractivity contribution >= 4 is 40.6 Å². The number of nitrogens with one attached hydrogen (secondary N) is 1. The molecule has 24 heavy (non-hydrogen) atoms. The zero-order chi connectivity index (χ0) is 16.0. The normalized spacial score (nSPS) is 13.0. The Bertz CT molecular complexity index is 922. The molecule has 0 fully saturated rings. The molecule has 0 amide bonds. The van der Waals surface area contributed by atoms with Crippen LogP contribution < -0.4 is 5.32 Å². The van der Waals surface area contributed by atoms with Crippen molar-refractivity contribution in [3.05, 3.63) is 77.4 Å². The summed E-state index contributed by atoms with van der Waals surface area (Å²) in [4.78, 5) is 0. The van der Waals surface area contributed by atoms with Crippen molar-refractivity contribution in [2.24, 2.45) is 0 Å². The number of rotatable bonds is 1. The molecule has 1 heterocycles. The minimum absolute atomic E-state index is 0. The minimum Gasteiger partial charge on any atom is -0.354 e. The summed E-state index contributed by atoms with van der Waals surface area (Å²) in [6.07, 6.45) is -2.34. The SMILES string of the molecule is Cl.FC(F)(F)c1ccc(C2=Cc3cccc4cccc(c34)N2)cc1. The fourth-order valence-corrected chi connectivity index (χ4v) is 2.93. The smallest absolute Gasteiger partial charge is 0.354 e. The second-order valence-electron chi connectivity index (χ2n) is 5.51. The molecule has 0 bridgehead atoms. The first-order valence-electron chi connectivity index (χ1n) is 7.20. The molecule has 5 heteroatoms. The summed E-state index contributed by atoms with van der Waals surface area (Å²) in [7, 11) is 0. The van der Waals surface area contributed by atoms with E-state index in [2.05, 4.69) is 5.32 Å². The first-order valence-corrected chi connectivity index (χ1v) is 7.20. The summed E-state index contributed by atoms with van der Waals surface area (Å²) in [5, 5.41) is 5.58. The molecule has 0 unspecified atom stereocenters. The fourth-order valence-electron chi connectivity index (χ4n) is 2.93. The summed E-state index contributed by atoms with van der Waals surface area (Å²) in [6.45, 7) is 0. The number of anilines is 1. The van der Waals surface area contributed by atoms with E-state index in [-0.39, 0.29) is 12.4 Å². The van der Waals surface area contributed by atoms with Crippen LogP contribution in [-0.4, -0.2) is 0 Å². The fraction of sp³-hybridized carbons (Fsp3) is 0.0526. The van der Waals surface area contributed by atoms with Gasteiger partial charge >= 0.3 is 6.18 Å². The number of hydrogen-bond acceptors (Lipinski definition) is 1. The van der Waals surface area contributed by atoms with E-state index in [9.17, 15) is 13.2 Å². The van der Waals surface area contributed by atoms with Crippen molar-refractivity contribution in [1.29, 1.82) is 0 Å². The average molecular weight is 348 g/mol. The lowest BCUT2D eigenvalue weighted by atomic mass is 9.96. The van der Waals surface area contributed by atoms with E-state index in [1.54, 1.807) is 0 Å². The van der Waals surface area contributed by atoms with Gasteiger partial charge in [-0.25, -0.2) is 0 Å². The molecule has 4 rings (SSSR count). The predicted octanol–water partition coefficient (Wildman–Crippen LogP) is 6.20. The van der Waals surface area contributed by atoms with Gasteiger partial charge in [0.1, 0.15) is 0 Å². The Morgan fingerprint density at radius 1 is 0.792 bits per heavy atom. The van der Waals surface area contributed by atoms with Crippen LogP contribution in [0.2, 0.25) is 0 Å². The molecular weight excluding hydrogens is 335 g/mol. The van der Waals surface area contributed by atoms with Crippen molar-refractivity contribution in [2.45, 2.75) is 6.18 Å². The van der Waals surface area contributed by atoms with Gasteiger partial charge in [-0.1, -0.05) is 42.5 Å². The van der Waals surface area contributed by atoms with Crippen LogP contribution in [0.25, 0.3) is 22.5 Å². The van der Waals surface area contributed by atoms with Gasteiger partial charge in [0.25, 0.3) is 0 Å². The quantitative estimate of drug-likeness (QED) is 0.552. The van der Waals surface area contributed by atoms with Crippen molar-refractivity contribution in [3.8, 4) is 0 Å². The highest BCUT2D eigenvalue weighted by Gasteiger charge is 2.30. The van der Waals surface area contributed by atoms with Crippen LogP contribution in [0.1, 0.15) is 16.7 Å². The van der Waals surface area contributed by atoms with Gasteiger partial charge in [0.2, 0.25) is 0 Å². The second-order valence-corrected chi connectivity index (χ2v) is 5.51. The largest absolute Gasteiger partial charge is 0.416 e. The Labute approximate surface area is 143 Å². The van der Waals surface area contributed by atoms with Crippen molar-refractivity contribution in [3.63, 3.8) is 0 Å². The minimum atomic E-state index is -4.31. The summed E-state index contributed by atoms with van der Waals surface area (Å²) < 4.78 is 38.0. The standard InChI is InChI=1S/C19H12F3N.ClH/c20-19(21,22)15-9-7-12(8-10-15)17-11-14-5-1-3-13-4-2-6-16(23-17)18(13)14;/h1-11,23H;1H. The monoisotopic (exact) mass is 347 g/mol. The maximum absolute atomic E-state index is 12.7. The van der Waals surface area contributed by atoms with Gasteiger partial charge in [-0.3, -0.25) is 0 Å². The van der Waals surface area contributed by atoms with Gasteiger partial charge in [0.05, 0.1) is 5.56 Å². The second kappa shape index (κ2) is 5.87. The van der Waals surface area contributed by atoms with Gasteiger partial charge in [0.15, 0.2) is 0 Å². The van der Waals surface area contributed by atoms with E-state index >= 15 is 0 Å². The summed E-state index contributed by atoms with van der Waals surface area (Å²) in [5.41, 5.74) is 2.91. The number of benzene rings is 3. The number of halogens is 4. The predicted molar refractivity (Wildman–Crippen MR) is 94.1 cm³/mol. The van der Waals surface area contributed by atoms with Crippen LogP contribution in [0.5, 0.6) is 0 Å². The molecule has 0 saturated heterocycles. The Kier molecular flexibility index (Phi) is 4.01. The Hall–Kier alpha value is -2.46. The summed E-state index contributed by atoms with van der Waals surface area (Å²) in [6, 6.07) is 17.2. The van der Waals surface area contributed by atoms with Crippen LogP contribution in [-0.2, 0) is 6.18 Å². The molecule has 1 aliphatic rings. The lowest BCUT2D eigenvalue weighted by molar-refractivity contribution is -0.137. The third-order valence-electron chi connectivity index (χ3n) is 4.03. The molecule has 0 aromatic heterocycles. The molecule has 3 aromatic carbocycles. The zero-order valence-corrected chi connectivity index (χ0v) is 13.2. The van der Waals surface area contributed by atoms with Crippen LogP contribution >= 0.6 is 12.4 Å². The van der Waals surface area contributed by atoms with Crippen LogP contribution in [0.3, 0.4) is 0 Å². The lowest BCUT2D eigenvalue weighted by Crippen LogP contribution is -2.07. The maximum atomic E-state index is 12.7. The molecule has 122 valence electrons. The molecule has 1 N–H and O–H groups in total. The Morgan fingerprint density at radius 2 is 1.46 bits per heavy atom. The number of alkyl halides is 3. The molecule has 0 saturated carbocycles. The average Bonchev–Trinajstić information content (AvgIpc) is 2.55. The Morgan fingerprint density at radius 3 is 2.12 bits per heavy atom. The van der Waals surface area contributed by atoms with E-state index in [1.807, 2.05) is 42.5 Å². The molecule has 0 radical (unpaired) electrons. The first-order chi connectivity index (χ1) is 11.0. The third kappa shape index (κ3) is 2.74. The topological polar surface area (TPSA) is 12.0 Å². The van der Waals surface area contributed by atoms with Crippen molar-refractivity contribution in [1.82, 2.24) is 0 Å². The highest BCUT2D eigenvalue weighted by Crippen LogP contribution is 2.36. The van der Waals surface area contributed by atoms with E-state index in [1.165, 1.54) is 12.1 Å². The van der Waals surface area contributed by atoms with Crippen molar-refractivity contribution in [2.75, 3.05) is 5.32 Å². The molecule has 3 aromatic rings. The molecule has 1 aliphatic heterocycles. The van der Waals surface area contributed by atoms with Gasteiger partial charge in [0, 0.05) is 16.8 Å². The van der Waals surface area contributed by atoms with Crippen LogP contribution in [0, 0.1) is 0 Å². The van der Waals surface area contributed by atoms with Gasteiger partial charge in [-0.15, -0.1) is 12.4 Å².